The molecular weight excluding hydrogens is 272 g/mol. The van der Waals surface area contributed by atoms with Crippen molar-refractivity contribution in [1.29, 1.82) is 0 Å². The molecule has 0 aliphatic carbocycles. The zero-order valence-corrected chi connectivity index (χ0v) is 12.4. The van der Waals surface area contributed by atoms with E-state index >= 15 is 0 Å². The molecule has 0 aliphatic heterocycles. The van der Waals surface area contributed by atoms with Crippen molar-refractivity contribution in [2.75, 3.05) is 17.2 Å². The number of ether oxygens (including phenoxy) is 2. The summed E-state index contributed by atoms with van der Waals surface area (Å²) < 4.78 is 9.92. The fourth-order valence-corrected chi connectivity index (χ4v) is 1.35. The van der Waals surface area contributed by atoms with E-state index in [1.165, 1.54) is 6.08 Å². The summed E-state index contributed by atoms with van der Waals surface area (Å²) in [6, 6.07) is 6.57. The summed E-state index contributed by atoms with van der Waals surface area (Å²) >= 11 is 0. The highest BCUT2D eigenvalue weighted by molar-refractivity contribution is 5.87. The van der Waals surface area contributed by atoms with E-state index in [9.17, 15) is 9.59 Å². The van der Waals surface area contributed by atoms with Gasteiger partial charge in [-0.3, -0.25) is 10.6 Å². The monoisotopic (exact) mass is 292 g/mol. The van der Waals surface area contributed by atoms with Gasteiger partial charge in [0.1, 0.15) is 12.2 Å². The summed E-state index contributed by atoms with van der Waals surface area (Å²) in [5.41, 5.74) is 0.564. The molecule has 0 spiro atoms. The lowest BCUT2D eigenvalue weighted by Crippen LogP contribution is -2.27. The van der Waals surface area contributed by atoms with Gasteiger partial charge in [-0.1, -0.05) is 12.7 Å². The van der Waals surface area contributed by atoms with E-state index < -0.39 is 17.8 Å². The Balaban J connectivity index is 2.52. The van der Waals surface area contributed by atoms with Crippen molar-refractivity contribution in [1.82, 2.24) is 0 Å². The highest BCUT2D eigenvalue weighted by Crippen LogP contribution is 2.15. The second-order valence-electron chi connectivity index (χ2n) is 5.22. The summed E-state index contributed by atoms with van der Waals surface area (Å²) in [6.07, 6.45) is 0.379. The Labute approximate surface area is 124 Å². The number of rotatable bonds is 4. The second kappa shape index (κ2) is 7.33. The number of nitrogens with one attached hydrogen (secondary N) is 2. The fraction of sp³-hybridized carbons (Fsp3) is 0.333. The third kappa shape index (κ3) is 7.00. The molecule has 0 unspecified atom stereocenters. The molecule has 0 aromatic heterocycles. The summed E-state index contributed by atoms with van der Waals surface area (Å²) in [5, 5.41) is 5.14. The predicted molar refractivity (Wildman–Crippen MR) is 81.5 cm³/mol. The average molecular weight is 292 g/mol. The van der Waals surface area contributed by atoms with Crippen LogP contribution in [-0.4, -0.2) is 24.4 Å². The number of carbonyl (C=O) groups is 2. The number of hydrogen-bond donors (Lipinski definition) is 2. The quantitative estimate of drug-likeness (QED) is 0.828. The minimum atomic E-state index is -0.567. The SMILES string of the molecule is C=CCOC(=O)Nc1ccc(NC(=O)OC(C)(C)C)cc1. The molecule has 1 rings (SSSR count). The number of amides is 2. The third-order valence-corrected chi connectivity index (χ3v) is 2.11. The van der Waals surface area contributed by atoms with E-state index in [0.717, 1.165) is 0 Å². The Bertz CT molecular complexity index is 503. The zero-order chi connectivity index (χ0) is 15.9. The van der Waals surface area contributed by atoms with E-state index in [2.05, 4.69) is 17.2 Å². The van der Waals surface area contributed by atoms with Crippen LogP contribution in [0.4, 0.5) is 21.0 Å². The van der Waals surface area contributed by atoms with E-state index in [-0.39, 0.29) is 6.61 Å². The van der Waals surface area contributed by atoms with Crippen LogP contribution in [0, 0.1) is 0 Å². The highest BCUT2D eigenvalue weighted by Gasteiger charge is 2.16. The molecule has 0 radical (unpaired) electrons. The molecule has 0 saturated heterocycles. The van der Waals surface area contributed by atoms with Gasteiger partial charge in [0.2, 0.25) is 0 Å². The first-order valence-electron chi connectivity index (χ1n) is 6.45. The van der Waals surface area contributed by atoms with Crippen molar-refractivity contribution in [3.63, 3.8) is 0 Å². The maximum atomic E-state index is 11.6. The highest BCUT2D eigenvalue weighted by atomic mass is 16.6. The molecule has 2 N–H and O–H groups in total. The Kier molecular flexibility index (Phi) is 5.78. The van der Waals surface area contributed by atoms with Crippen molar-refractivity contribution in [2.45, 2.75) is 26.4 Å². The van der Waals surface area contributed by atoms with Crippen LogP contribution in [0.1, 0.15) is 20.8 Å². The van der Waals surface area contributed by atoms with Crippen LogP contribution in [0.5, 0.6) is 0 Å². The van der Waals surface area contributed by atoms with Crippen LogP contribution < -0.4 is 10.6 Å². The number of carbonyl (C=O) groups excluding carboxylic acids is 2. The Morgan fingerprint density at radius 2 is 1.57 bits per heavy atom. The van der Waals surface area contributed by atoms with E-state index in [1.54, 1.807) is 45.0 Å². The van der Waals surface area contributed by atoms with Gasteiger partial charge in [0, 0.05) is 11.4 Å². The molecule has 2 amide bonds. The van der Waals surface area contributed by atoms with Gasteiger partial charge in [0.05, 0.1) is 0 Å². The van der Waals surface area contributed by atoms with E-state index in [4.69, 9.17) is 9.47 Å². The van der Waals surface area contributed by atoms with Crippen LogP contribution in [0.15, 0.2) is 36.9 Å². The first-order chi connectivity index (χ1) is 9.80. The summed E-state index contributed by atoms with van der Waals surface area (Å²) in [4.78, 5) is 22.9. The lowest BCUT2D eigenvalue weighted by atomic mass is 10.2. The summed E-state index contributed by atoms with van der Waals surface area (Å²) in [5.74, 6) is 0. The Morgan fingerprint density at radius 1 is 1.10 bits per heavy atom. The van der Waals surface area contributed by atoms with Gasteiger partial charge < -0.3 is 9.47 Å². The molecule has 6 heteroatoms. The normalized spacial score (nSPS) is 10.4. The first kappa shape index (κ1) is 16.6. The summed E-state index contributed by atoms with van der Waals surface area (Å²) in [7, 11) is 0. The molecule has 114 valence electrons. The van der Waals surface area contributed by atoms with E-state index in [0.29, 0.717) is 11.4 Å². The predicted octanol–water partition coefficient (Wildman–Crippen LogP) is 3.77. The van der Waals surface area contributed by atoms with Crippen LogP contribution in [0.2, 0.25) is 0 Å². The minimum Gasteiger partial charge on any atom is -0.445 e. The van der Waals surface area contributed by atoms with Crippen LogP contribution in [0.25, 0.3) is 0 Å². The molecule has 0 saturated carbocycles. The van der Waals surface area contributed by atoms with Crippen molar-refractivity contribution >= 4 is 23.6 Å². The molecule has 0 heterocycles. The second-order valence-corrected chi connectivity index (χ2v) is 5.22. The largest absolute Gasteiger partial charge is 0.445 e. The molecule has 0 aliphatic rings. The molecular formula is C15H20N2O4. The molecule has 0 bridgehead atoms. The lowest BCUT2D eigenvalue weighted by Gasteiger charge is -2.19. The lowest BCUT2D eigenvalue weighted by molar-refractivity contribution is 0.0636. The standard InChI is InChI=1S/C15H20N2O4/c1-5-10-20-13(18)16-11-6-8-12(9-7-11)17-14(19)21-15(2,3)4/h5-9H,1,10H2,2-4H3,(H,16,18)(H,17,19). The number of benzene rings is 1. The molecule has 0 atom stereocenters. The van der Waals surface area contributed by atoms with Crippen LogP contribution in [-0.2, 0) is 9.47 Å². The summed E-state index contributed by atoms with van der Waals surface area (Å²) in [6.45, 7) is 8.95. The maximum Gasteiger partial charge on any atom is 0.412 e. The third-order valence-electron chi connectivity index (χ3n) is 2.11. The minimum absolute atomic E-state index is 0.143. The Morgan fingerprint density at radius 3 is 2.00 bits per heavy atom. The first-order valence-corrected chi connectivity index (χ1v) is 6.45. The van der Waals surface area contributed by atoms with Gasteiger partial charge in [0.25, 0.3) is 0 Å². The molecule has 1 aromatic rings. The van der Waals surface area contributed by atoms with Gasteiger partial charge in [-0.2, -0.15) is 0 Å². The number of hydrogen-bond acceptors (Lipinski definition) is 4. The van der Waals surface area contributed by atoms with Crippen LogP contribution in [0.3, 0.4) is 0 Å². The number of anilines is 2. The van der Waals surface area contributed by atoms with Crippen LogP contribution >= 0.6 is 0 Å². The van der Waals surface area contributed by atoms with Crippen molar-refractivity contribution < 1.29 is 19.1 Å². The van der Waals surface area contributed by atoms with E-state index in [1.807, 2.05) is 0 Å². The fourth-order valence-electron chi connectivity index (χ4n) is 1.35. The molecule has 21 heavy (non-hydrogen) atoms. The van der Waals surface area contributed by atoms with Gasteiger partial charge >= 0.3 is 12.2 Å². The van der Waals surface area contributed by atoms with Crippen molar-refractivity contribution in [3.8, 4) is 0 Å². The van der Waals surface area contributed by atoms with Crippen molar-refractivity contribution in [3.05, 3.63) is 36.9 Å². The zero-order valence-electron chi connectivity index (χ0n) is 12.4. The molecule has 1 aromatic carbocycles. The van der Waals surface area contributed by atoms with Crippen molar-refractivity contribution in [2.24, 2.45) is 0 Å². The maximum absolute atomic E-state index is 11.6. The topological polar surface area (TPSA) is 76.7 Å². The smallest absolute Gasteiger partial charge is 0.412 e. The van der Waals surface area contributed by atoms with Gasteiger partial charge in [0.15, 0.2) is 0 Å². The molecule has 0 fully saturated rings. The van der Waals surface area contributed by atoms with Gasteiger partial charge in [-0.15, -0.1) is 0 Å². The average Bonchev–Trinajstić information content (AvgIpc) is 2.36. The Hall–Kier alpha value is -2.50. The molecule has 6 nitrogen and oxygen atoms in total. The van der Waals surface area contributed by atoms with Gasteiger partial charge in [-0.05, 0) is 45.0 Å². The van der Waals surface area contributed by atoms with Gasteiger partial charge in [-0.25, -0.2) is 9.59 Å².